The highest BCUT2D eigenvalue weighted by Crippen LogP contribution is 2.75. The molecular weight excluding hydrogens is 530 g/mol. The van der Waals surface area contributed by atoms with Crippen LogP contribution in [0.5, 0.6) is 0 Å². The summed E-state index contributed by atoms with van der Waals surface area (Å²) in [6.07, 6.45) is -8.23. The summed E-state index contributed by atoms with van der Waals surface area (Å²) in [6.45, 7) is 0. The van der Waals surface area contributed by atoms with E-state index in [9.17, 15) is 87.6 Å². The number of rotatable bonds is 4. The van der Waals surface area contributed by atoms with Crippen molar-refractivity contribution in [2.75, 3.05) is 0 Å². The molecule has 3 nitrogen and oxygen atoms in total. The number of alkyl halides is 17. The zero-order valence-electron chi connectivity index (χ0n) is 12.9. The molecule has 0 aromatic heterocycles. The second-order valence-electron chi connectivity index (χ2n) is 5.71. The van der Waals surface area contributed by atoms with Crippen molar-refractivity contribution >= 4 is 10.1 Å². The van der Waals surface area contributed by atoms with Crippen molar-refractivity contribution in [1.82, 2.24) is 0 Å². The van der Waals surface area contributed by atoms with Gasteiger partial charge in [0.05, 0.1) is 0 Å². The molecule has 0 spiro atoms. The maximum atomic E-state index is 14.4. The van der Waals surface area contributed by atoms with Crippen LogP contribution in [-0.4, -0.2) is 60.8 Å². The Balaban J connectivity index is 4.49. The first-order valence-corrected chi connectivity index (χ1v) is 7.73. The highest BCUT2D eigenvalue weighted by Gasteiger charge is 3.09. The van der Waals surface area contributed by atoms with Gasteiger partial charge in [-0.3, -0.25) is 0 Å². The Hall–Kier alpha value is -1.35. The molecule has 1 aliphatic carbocycles. The molecule has 1 rings (SSSR count). The molecule has 22 heteroatoms. The van der Waals surface area contributed by atoms with E-state index in [0.717, 1.165) is 4.39 Å². The van der Waals surface area contributed by atoms with Gasteiger partial charge < -0.3 is 0 Å². The molecule has 1 unspecified atom stereocenters. The van der Waals surface area contributed by atoms with E-state index in [1.165, 1.54) is 0 Å². The van der Waals surface area contributed by atoms with Crippen LogP contribution in [0.4, 0.5) is 79.2 Å². The highest BCUT2D eigenvalue weighted by atomic mass is 32.2. The van der Waals surface area contributed by atoms with Crippen LogP contribution >= 0.6 is 0 Å². The van der Waals surface area contributed by atoms with E-state index < -0.39 is 62.5 Å². The van der Waals surface area contributed by atoms with Gasteiger partial charge >= 0.3 is 62.5 Å². The van der Waals surface area contributed by atoms with Gasteiger partial charge in [0.1, 0.15) is 0 Å². The molecule has 0 bridgehead atoms. The molecule has 0 aromatic rings. The minimum absolute atomic E-state index is 1.01. The number of halogens is 18. The molecule has 0 heterocycles. The van der Waals surface area contributed by atoms with Crippen LogP contribution in [-0.2, 0) is 14.5 Å². The third kappa shape index (κ3) is 2.42. The van der Waals surface area contributed by atoms with E-state index >= 15 is 0 Å². The summed E-state index contributed by atoms with van der Waals surface area (Å²) in [4.78, 5) is 0. The number of hydrogen-bond donors (Lipinski definition) is 0. The Kier molecular flexibility index (Phi) is 5.50. The minimum Gasteiger partial charge on any atom is -0.225 e. The molecule has 0 saturated heterocycles. The van der Waals surface area contributed by atoms with Crippen molar-refractivity contribution in [1.29, 1.82) is 0 Å². The van der Waals surface area contributed by atoms with E-state index in [0.29, 0.717) is 0 Å². The maximum absolute atomic E-state index is 14.4. The summed E-state index contributed by atoms with van der Waals surface area (Å²) in [6, 6.07) is 0. The molecule has 0 amide bonds. The van der Waals surface area contributed by atoms with Gasteiger partial charge in [0, 0.05) is 0 Å². The molecule has 1 aliphatic rings. The zero-order valence-corrected chi connectivity index (χ0v) is 13.8. The zero-order chi connectivity index (χ0) is 25.7. The molecule has 0 aliphatic heterocycles. The second-order valence-corrected chi connectivity index (χ2v) is 7.31. The Morgan fingerprint density at radius 2 is 0.806 bits per heavy atom. The van der Waals surface area contributed by atoms with Crippen molar-refractivity contribution in [3.63, 3.8) is 0 Å². The second kappa shape index (κ2) is 6.16. The monoisotopic (exact) mass is 530 g/mol. The van der Waals surface area contributed by atoms with Crippen LogP contribution in [0.1, 0.15) is 0 Å². The first kappa shape index (κ1) is 27.7. The lowest BCUT2D eigenvalue weighted by Crippen LogP contribution is -2.91. The van der Waals surface area contributed by atoms with E-state index in [1.807, 2.05) is 0 Å². The average Bonchev–Trinajstić information content (AvgIpc) is 2.56. The first-order chi connectivity index (χ1) is 13.1. The summed E-state index contributed by atoms with van der Waals surface area (Å²) in [5, 5.41) is -8.96. The summed E-state index contributed by atoms with van der Waals surface area (Å²) >= 11 is 0. The van der Waals surface area contributed by atoms with E-state index in [1.54, 1.807) is 0 Å². The standard InChI is InChI=1S/C9F18O3S/c10-1(8(23,31(28,29)30-27)7(21,22)9(24,25)26)2(11,12)4(15,16)6(19,20)5(17,18)3(1,13)14. The van der Waals surface area contributed by atoms with Gasteiger partial charge in [-0.1, -0.05) is 4.39 Å². The maximum Gasteiger partial charge on any atom is 0.458 e. The van der Waals surface area contributed by atoms with Gasteiger partial charge in [-0.05, 0) is 4.53 Å². The fourth-order valence-electron chi connectivity index (χ4n) is 2.40. The van der Waals surface area contributed by atoms with Gasteiger partial charge in [0.25, 0.3) is 0 Å². The Bertz CT molecular complexity index is 812. The van der Waals surface area contributed by atoms with Crippen LogP contribution in [0.3, 0.4) is 0 Å². The normalized spacial score (nSPS) is 28.6. The van der Waals surface area contributed by atoms with Crippen molar-refractivity contribution in [3.8, 4) is 0 Å². The van der Waals surface area contributed by atoms with Crippen molar-refractivity contribution < 1.29 is 92.0 Å². The predicted octanol–water partition coefficient (Wildman–Crippen LogP) is 4.98. The van der Waals surface area contributed by atoms with Gasteiger partial charge in [-0.25, -0.2) is 8.78 Å². The predicted molar refractivity (Wildman–Crippen MR) is 54.5 cm³/mol. The van der Waals surface area contributed by atoms with E-state index in [2.05, 4.69) is 0 Å². The van der Waals surface area contributed by atoms with Gasteiger partial charge in [0.2, 0.25) is 0 Å². The van der Waals surface area contributed by atoms with Crippen LogP contribution in [0.25, 0.3) is 0 Å². The third-order valence-corrected chi connectivity index (χ3v) is 5.47. The van der Waals surface area contributed by atoms with E-state index in [-0.39, 0.29) is 0 Å². The SMILES string of the molecule is O=S(=O)(OF)C(F)(C(F)(F)C(F)(F)F)C1(F)C(F)(F)C(F)(F)C(F)(F)C(F)(F)C1(F)F. The lowest BCUT2D eigenvalue weighted by atomic mass is 9.68. The molecular formula is C9F18O3S. The lowest BCUT2D eigenvalue weighted by Gasteiger charge is -2.55. The molecule has 1 saturated carbocycles. The van der Waals surface area contributed by atoms with Gasteiger partial charge in [0.15, 0.2) is 0 Å². The van der Waals surface area contributed by atoms with Gasteiger partial charge in [-0.2, -0.15) is 74.3 Å². The third-order valence-electron chi connectivity index (χ3n) is 4.07. The molecule has 0 N–H and O–H groups in total. The molecule has 0 aromatic carbocycles. The van der Waals surface area contributed by atoms with E-state index in [4.69, 9.17) is 0 Å². The summed E-state index contributed by atoms with van der Waals surface area (Å²) < 4.78 is 261. The molecule has 31 heavy (non-hydrogen) atoms. The van der Waals surface area contributed by atoms with Crippen molar-refractivity contribution in [2.45, 2.75) is 52.4 Å². The fraction of sp³-hybridized carbons (Fsp3) is 1.00. The van der Waals surface area contributed by atoms with Gasteiger partial charge in [-0.15, -0.1) is 0 Å². The fourth-order valence-corrected chi connectivity index (χ4v) is 3.51. The van der Waals surface area contributed by atoms with Crippen LogP contribution in [0, 0.1) is 0 Å². The average molecular weight is 530 g/mol. The van der Waals surface area contributed by atoms with Crippen molar-refractivity contribution in [2.24, 2.45) is 0 Å². The Labute approximate surface area is 155 Å². The Morgan fingerprint density at radius 1 is 0.548 bits per heavy atom. The molecule has 1 atom stereocenters. The molecule has 186 valence electrons. The van der Waals surface area contributed by atoms with Crippen molar-refractivity contribution in [3.05, 3.63) is 0 Å². The molecule has 0 radical (unpaired) electrons. The molecule has 1 fully saturated rings. The lowest BCUT2D eigenvalue weighted by molar-refractivity contribution is -0.504. The quantitative estimate of drug-likeness (QED) is 0.482. The van der Waals surface area contributed by atoms with Crippen LogP contribution in [0.2, 0.25) is 0 Å². The summed E-state index contributed by atoms with van der Waals surface area (Å²) in [7, 11) is -8.99. The summed E-state index contributed by atoms with van der Waals surface area (Å²) in [5.74, 6) is -51.7. The Morgan fingerprint density at radius 3 is 1.03 bits per heavy atom. The summed E-state index contributed by atoms with van der Waals surface area (Å²) in [5.41, 5.74) is -9.16. The first-order valence-electron chi connectivity index (χ1n) is 6.32. The van der Waals surface area contributed by atoms with Crippen LogP contribution in [0.15, 0.2) is 0 Å². The topological polar surface area (TPSA) is 43.4 Å². The minimum atomic E-state index is -9.16. The largest absolute Gasteiger partial charge is 0.458 e. The van der Waals surface area contributed by atoms with Crippen LogP contribution < -0.4 is 0 Å². The smallest absolute Gasteiger partial charge is 0.225 e. The number of hydrogen-bond acceptors (Lipinski definition) is 3. The highest BCUT2D eigenvalue weighted by molar-refractivity contribution is 7.88.